The van der Waals surface area contributed by atoms with E-state index in [0.29, 0.717) is 17.9 Å². The number of carbonyl (C=O) groups is 1. The first kappa shape index (κ1) is 14.0. The molecule has 5 nitrogen and oxygen atoms in total. The van der Waals surface area contributed by atoms with Crippen LogP contribution in [-0.2, 0) is 6.54 Å². The average molecular weight is 364 g/mol. The van der Waals surface area contributed by atoms with Gasteiger partial charge in [-0.2, -0.15) is 0 Å². The predicted octanol–water partition coefficient (Wildman–Crippen LogP) is 3.76. The first-order valence-electron chi connectivity index (χ1n) is 6.09. The number of halogens is 1. The van der Waals surface area contributed by atoms with Gasteiger partial charge in [0.25, 0.3) is 0 Å². The fourth-order valence-electron chi connectivity index (χ4n) is 1.95. The summed E-state index contributed by atoms with van der Waals surface area (Å²) in [5, 5.41) is 15.1. The van der Waals surface area contributed by atoms with Crippen LogP contribution in [0.4, 0.5) is 5.82 Å². The molecule has 0 spiro atoms. The Hall–Kier alpha value is -1.99. The van der Waals surface area contributed by atoms with Gasteiger partial charge in [0.2, 0.25) is 0 Å². The molecule has 21 heavy (non-hydrogen) atoms. The summed E-state index contributed by atoms with van der Waals surface area (Å²) >= 11 is 5.14. The Balaban J connectivity index is 1.92. The minimum Gasteiger partial charge on any atom is -0.478 e. The van der Waals surface area contributed by atoms with Crippen molar-refractivity contribution in [2.24, 2.45) is 0 Å². The molecule has 0 unspecified atom stereocenters. The summed E-state index contributed by atoms with van der Waals surface area (Å²) in [7, 11) is 0. The molecular formula is C14H10BrN3O2S. The van der Waals surface area contributed by atoms with E-state index in [1.807, 2.05) is 11.4 Å². The zero-order valence-corrected chi connectivity index (χ0v) is 13.1. The molecule has 1 aromatic carbocycles. The number of fused-ring (bicyclic) bond motifs is 1. The fraction of sp³-hybridized carbons (Fsp3) is 0.0714. The highest BCUT2D eigenvalue weighted by atomic mass is 79.9. The molecule has 0 aliphatic heterocycles. The maximum absolute atomic E-state index is 11.0. The van der Waals surface area contributed by atoms with Gasteiger partial charge in [0.1, 0.15) is 12.1 Å². The van der Waals surface area contributed by atoms with Crippen molar-refractivity contribution in [1.82, 2.24) is 9.97 Å². The number of aromatic nitrogens is 2. The van der Waals surface area contributed by atoms with E-state index in [1.54, 1.807) is 29.5 Å². The molecule has 0 saturated carbocycles. The van der Waals surface area contributed by atoms with Gasteiger partial charge in [-0.15, -0.1) is 11.3 Å². The molecule has 7 heteroatoms. The summed E-state index contributed by atoms with van der Waals surface area (Å²) in [6.07, 6.45) is 1.43. The third-order valence-corrected chi connectivity index (χ3v) is 4.92. The Morgan fingerprint density at radius 3 is 2.90 bits per heavy atom. The molecule has 0 bridgehead atoms. The van der Waals surface area contributed by atoms with E-state index in [0.717, 1.165) is 9.86 Å². The van der Waals surface area contributed by atoms with Crippen molar-refractivity contribution in [1.29, 1.82) is 0 Å². The Morgan fingerprint density at radius 1 is 1.33 bits per heavy atom. The molecule has 0 aliphatic carbocycles. The lowest BCUT2D eigenvalue weighted by atomic mass is 10.1. The number of carboxylic acids is 1. The maximum atomic E-state index is 11.0. The Morgan fingerprint density at radius 2 is 2.19 bits per heavy atom. The lowest BCUT2D eigenvalue weighted by Gasteiger charge is -2.08. The third-order valence-electron chi connectivity index (χ3n) is 2.99. The number of hydrogen-bond donors (Lipinski definition) is 2. The van der Waals surface area contributed by atoms with Crippen LogP contribution in [0, 0.1) is 0 Å². The van der Waals surface area contributed by atoms with Gasteiger partial charge in [-0.05, 0) is 45.6 Å². The third kappa shape index (κ3) is 2.88. The van der Waals surface area contributed by atoms with Crippen molar-refractivity contribution < 1.29 is 9.90 Å². The van der Waals surface area contributed by atoms with Crippen LogP contribution in [0.3, 0.4) is 0 Å². The summed E-state index contributed by atoms with van der Waals surface area (Å²) in [6.45, 7) is 0.644. The number of anilines is 1. The molecule has 2 heterocycles. The van der Waals surface area contributed by atoms with Crippen molar-refractivity contribution in [3.63, 3.8) is 0 Å². The van der Waals surface area contributed by atoms with Gasteiger partial charge >= 0.3 is 5.97 Å². The van der Waals surface area contributed by atoms with E-state index in [1.165, 1.54) is 11.2 Å². The van der Waals surface area contributed by atoms with Crippen molar-refractivity contribution in [3.8, 4) is 0 Å². The van der Waals surface area contributed by atoms with Crippen molar-refractivity contribution in [2.75, 3.05) is 5.32 Å². The average Bonchev–Trinajstić information content (AvgIpc) is 2.89. The minimum atomic E-state index is -0.965. The maximum Gasteiger partial charge on any atom is 0.335 e. The molecule has 0 atom stereocenters. The van der Waals surface area contributed by atoms with Crippen molar-refractivity contribution in [2.45, 2.75) is 6.54 Å². The molecule has 2 aromatic heterocycles. The molecule has 0 saturated heterocycles. The van der Waals surface area contributed by atoms with Crippen LogP contribution in [-0.4, -0.2) is 21.0 Å². The van der Waals surface area contributed by atoms with Gasteiger partial charge in [0.15, 0.2) is 0 Å². The highest BCUT2D eigenvalue weighted by Gasteiger charge is 2.09. The zero-order valence-electron chi connectivity index (χ0n) is 10.7. The second-order valence-electron chi connectivity index (χ2n) is 4.30. The van der Waals surface area contributed by atoms with Gasteiger partial charge in [-0.1, -0.05) is 0 Å². The molecule has 0 aliphatic rings. The molecule has 3 aromatic rings. The molecular weight excluding hydrogens is 354 g/mol. The molecule has 0 radical (unpaired) electrons. The van der Waals surface area contributed by atoms with E-state index in [4.69, 9.17) is 5.11 Å². The summed E-state index contributed by atoms with van der Waals surface area (Å²) in [6, 6.07) is 6.83. The van der Waals surface area contributed by atoms with Crippen LogP contribution < -0.4 is 5.32 Å². The van der Waals surface area contributed by atoms with Crippen molar-refractivity contribution >= 4 is 50.0 Å². The van der Waals surface area contributed by atoms with Gasteiger partial charge in [0, 0.05) is 14.7 Å². The smallest absolute Gasteiger partial charge is 0.335 e. The fourth-order valence-corrected chi connectivity index (χ4v) is 3.38. The van der Waals surface area contributed by atoms with Crippen LogP contribution in [0.1, 0.15) is 15.2 Å². The Labute approximate surface area is 132 Å². The minimum absolute atomic E-state index is 0.216. The van der Waals surface area contributed by atoms with Crippen LogP contribution in [0.15, 0.2) is 40.4 Å². The number of aromatic carboxylic acids is 1. The molecule has 0 fully saturated rings. The van der Waals surface area contributed by atoms with E-state index in [-0.39, 0.29) is 5.56 Å². The number of rotatable bonds is 4. The molecule has 3 rings (SSSR count). The quantitative estimate of drug-likeness (QED) is 0.737. The number of hydrogen-bond acceptors (Lipinski definition) is 5. The second kappa shape index (κ2) is 5.79. The lowest BCUT2D eigenvalue weighted by Crippen LogP contribution is -2.02. The zero-order chi connectivity index (χ0) is 14.8. The first-order chi connectivity index (χ1) is 10.1. The van der Waals surface area contributed by atoms with Crippen LogP contribution in [0.2, 0.25) is 0 Å². The molecule has 106 valence electrons. The number of carboxylic acid groups (broad SMARTS) is 1. The largest absolute Gasteiger partial charge is 0.478 e. The summed E-state index contributed by atoms with van der Waals surface area (Å²) in [5.74, 6) is -0.273. The summed E-state index contributed by atoms with van der Waals surface area (Å²) in [5.41, 5.74) is 0.825. The highest BCUT2D eigenvalue weighted by Crippen LogP contribution is 2.25. The Bertz CT molecular complexity index is 819. The highest BCUT2D eigenvalue weighted by molar-refractivity contribution is 9.10. The number of nitrogens with one attached hydrogen (secondary N) is 1. The number of thiophene rings is 1. The van der Waals surface area contributed by atoms with Gasteiger partial charge in [0.05, 0.1) is 17.6 Å². The van der Waals surface area contributed by atoms with Gasteiger partial charge in [-0.3, -0.25) is 0 Å². The normalized spacial score (nSPS) is 10.7. The number of benzene rings is 1. The topological polar surface area (TPSA) is 75.1 Å². The molecule has 2 N–H and O–H groups in total. The molecule has 0 amide bonds. The standard InChI is InChI=1S/C14H10BrN3O2S/c15-10-3-4-21-12(10)6-16-13-9-2-1-8(14(19)20)5-11(9)17-7-18-13/h1-5,7H,6H2,(H,19,20)(H,16,17,18). The van der Waals surface area contributed by atoms with Crippen LogP contribution in [0.25, 0.3) is 10.9 Å². The van der Waals surface area contributed by atoms with E-state index < -0.39 is 5.97 Å². The summed E-state index contributed by atoms with van der Waals surface area (Å²) < 4.78 is 1.06. The van der Waals surface area contributed by atoms with E-state index >= 15 is 0 Å². The lowest BCUT2D eigenvalue weighted by molar-refractivity contribution is 0.0697. The van der Waals surface area contributed by atoms with Gasteiger partial charge < -0.3 is 10.4 Å². The predicted molar refractivity (Wildman–Crippen MR) is 85.8 cm³/mol. The summed E-state index contributed by atoms with van der Waals surface area (Å²) in [4.78, 5) is 20.5. The van der Waals surface area contributed by atoms with E-state index in [2.05, 4.69) is 31.2 Å². The van der Waals surface area contributed by atoms with Crippen molar-refractivity contribution in [3.05, 3.63) is 50.9 Å². The SMILES string of the molecule is O=C(O)c1ccc2c(NCc3sccc3Br)ncnc2c1. The first-order valence-corrected chi connectivity index (χ1v) is 7.76. The Kier molecular flexibility index (Phi) is 3.85. The number of nitrogens with zero attached hydrogens (tertiary/aromatic N) is 2. The van der Waals surface area contributed by atoms with Gasteiger partial charge in [-0.25, -0.2) is 14.8 Å². The van der Waals surface area contributed by atoms with Crippen LogP contribution in [0.5, 0.6) is 0 Å². The second-order valence-corrected chi connectivity index (χ2v) is 6.16. The van der Waals surface area contributed by atoms with E-state index in [9.17, 15) is 4.79 Å². The van der Waals surface area contributed by atoms with Crippen LogP contribution >= 0.6 is 27.3 Å². The monoisotopic (exact) mass is 363 g/mol.